The van der Waals surface area contributed by atoms with Gasteiger partial charge < -0.3 is 9.47 Å². The second kappa shape index (κ2) is 7.18. The zero-order chi connectivity index (χ0) is 14.4. The van der Waals surface area contributed by atoms with Crippen LogP contribution in [0.2, 0.25) is 5.02 Å². The van der Waals surface area contributed by atoms with Crippen LogP contribution in [0.3, 0.4) is 0 Å². The molecule has 106 valence electrons. The van der Waals surface area contributed by atoms with Crippen LogP contribution in [0.5, 0.6) is 5.75 Å². The average molecular weight is 314 g/mol. The van der Waals surface area contributed by atoms with Gasteiger partial charge in [-0.3, -0.25) is 10.1 Å². The molecule has 0 atom stereocenters. The predicted octanol–water partition coefficient (Wildman–Crippen LogP) is 2.36. The first-order valence-electron chi connectivity index (χ1n) is 5.67. The van der Waals surface area contributed by atoms with Crippen LogP contribution in [0.4, 0.5) is 5.13 Å². The molecule has 0 unspecified atom stereocenters. The standard InChI is InChI=1S/C12H12ClN3O3S/c1-18-7-11-15-16-12(20-11)14-10(17)6-19-9-5-3-2-4-8(9)13/h2-5H,6-7H2,1H3,(H,14,16,17). The fourth-order valence-corrected chi connectivity index (χ4v) is 2.26. The second-order valence-electron chi connectivity index (χ2n) is 3.70. The highest BCUT2D eigenvalue weighted by Crippen LogP contribution is 2.23. The third-order valence-electron chi connectivity index (χ3n) is 2.18. The van der Waals surface area contributed by atoms with Crippen molar-refractivity contribution in [2.24, 2.45) is 0 Å². The highest BCUT2D eigenvalue weighted by molar-refractivity contribution is 7.15. The molecule has 1 N–H and O–H groups in total. The number of hydrogen-bond donors (Lipinski definition) is 1. The number of hydrogen-bond acceptors (Lipinski definition) is 6. The van der Waals surface area contributed by atoms with E-state index in [9.17, 15) is 4.79 Å². The summed E-state index contributed by atoms with van der Waals surface area (Å²) < 4.78 is 10.2. The Labute approximate surface area is 124 Å². The van der Waals surface area contributed by atoms with E-state index < -0.39 is 0 Å². The molecule has 6 nitrogen and oxygen atoms in total. The maximum absolute atomic E-state index is 11.7. The van der Waals surface area contributed by atoms with Gasteiger partial charge in [0, 0.05) is 7.11 Å². The first-order chi connectivity index (χ1) is 9.69. The van der Waals surface area contributed by atoms with E-state index in [-0.39, 0.29) is 12.5 Å². The number of nitrogens with zero attached hydrogens (tertiary/aromatic N) is 2. The van der Waals surface area contributed by atoms with Gasteiger partial charge in [0.1, 0.15) is 17.4 Å². The predicted molar refractivity (Wildman–Crippen MR) is 76.2 cm³/mol. The Kier molecular flexibility index (Phi) is 5.28. The van der Waals surface area contributed by atoms with Gasteiger partial charge in [-0.2, -0.15) is 0 Å². The molecule has 0 aliphatic carbocycles. The molecule has 20 heavy (non-hydrogen) atoms. The molecule has 0 spiro atoms. The lowest BCUT2D eigenvalue weighted by Crippen LogP contribution is -2.20. The molecular weight excluding hydrogens is 302 g/mol. The average Bonchev–Trinajstić information content (AvgIpc) is 2.85. The summed E-state index contributed by atoms with van der Waals surface area (Å²) in [6.45, 7) is 0.215. The lowest BCUT2D eigenvalue weighted by atomic mass is 10.3. The molecule has 0 saturated carbocycles. The summed E-state index contributed by atoms with van der Waals surface area (Å²) >= 11 is 7.16. The Morgan fingerprint density at radius 3 is 2.95 bits per heavy atom. The van der Waals surface area contributed by atoms with Crippen LogP contribution in [-0.2, 0) is 16.1 Å². The summed E-state index contributed by atoms with van der Waals surface area (Å²) in [6, 6.07) is 6.95. The van der Waals surface area contributed by atoms with Crippen LogP contribution >= 0.6 is 22.9 Å². The number of halogens is 1. The van der Waals surface area contributed by atoms with Crippen molar-refractivity contribution in [1.29, 1.82) is 0 Å². The van der Waals surface area contributed by atoms with E-state index in [1.165, 1.54) is 11.3 Å². The molecule has 2 rings (SSSR count). The maximum Gasteiger partial charge on any atom is 0.264 e. The van der Waals surface area contributed by atoms with Gasteiger partial charge in [-0.1, -0.05) is 35.1 Å². The van der Waals surface area contributed by atoms with Crippen LogP contribution < -0.4 is 10.1 Å². The lowest BCUT2D eigenvalue weighted by Gasteiger charge is -2.06. The maximum atomic E-state index is 11.7. The van der Waals surface area contributed by atoms with Crippen LogP contribution in [0.25, 0.3) is 0 Å². The largest absolute Gasteiger partial charge is 0.482 e. The molecule has 1 amide bonds. The monoisotopic (exact) mass is 313 g/mol. The molecule has 0 bridgehead atoms. The number of ether oxygens (including phenoxy) is 2. The minimum absolute atomic E-state index is 0.150. The van der Waals surface area contributed by atoms with Gasteiger partial charge >= 0.3 is 0 Å². The Hall–Kier alpha value is -1.70. The summed E-state index contributed by atoms with van der Waals surface area (Å²) in [6.07, 6.45) is 0. The minimum Gasteiger partial charge on any atom is -0.482 e. The summed E-state index contributed by atoms with van der Waals surface area (Å²) in [5, 5.41) is 11.8. The number of aromatic nitrogens is 2. The summed E-state index contributed by atoms with van der Waals surface area (Å²) in [7, 11) is 1.57. The number of benzene rings is 1. The fraction of sp³-hybridized carbons (Fsp3) is 0.250. The number of carbonyl (C=O) groups is 1. The quantitative estimate of drug-likeness (QED) is 0.886. The number of methoxy groups -OCH3 is 1. The third kappa shape index (κ3) is 4.16. The lowest BCUT2D eigenvalue weighted by molar-refractivity contribution is -0.118. The number of carbonyl (C=O) groups excluding carboxylic acids is 1. The first-order valence-corrected chi connectivity index (χ1v) is 6.87. The first kappa shape index (κ1) is 14.7. The molecular formula is C12H12ClN3O3S. The van der Waals surface area contributed by atoms with Gasteiger partial charge in [-0.05, 0) is 12.1 Å². The van der Waals surface area contributed by atoms with Crippen LogP contribution in [0.15, 0.2) is 24.3 Å². The van der Waals surface area contributed by atoms with E-state index in [1.54, 1.807) is 31.4 Å². The highest BCUT2D eigenvalue weighted by Gasteiger charge is 2.09. The SMILES string of the molecule is COCc1nnc(NC(=O)COc2ccccc2Cl)s1. The van der Waals surface area contributed by atoms with E-state index in [4.69, 9.17) is 21.1 Å². The van der Waals surface area contributed by atoms with Crippen molar-refractivity contribution in [3.8, 4) is 5.75 Å². The molecule has 8 heteroatoms. The molecule has 0 aliphatic heterocycles. The molecule has 1 aromatic heterocycles. The Balaban J connectivity index is 1.84. The third-order valence-corrected chi connectivity index (χ3v) is 3.30. The number of amides is 1. The van der Waals surface area contributed by atoms with Gasteiger partial charge in [0.25, 0.3) is 5.91 Å². The Morgan fingerprint density at radius 2 is 2.20 bits per heavy atom. The number of rotatable bonds is 6. The summed E-state index contributed by atoms with van der Waals surface area (Å²) in [4.78, 5) is 11.7. The van der Waals surface area contributed by atoms with Gasteiger partial charge in [0.2, 0.25) is 5.13 Å². The van der Waals surface area contributed by atoms with Crippen LogP contribution in [0.1, 0.15) is 5.01 Å². The minimum atomic E-state index is -0.329. The Morgan fingerprint density at radius 1 is 1.40 bits per heavy atom. The van der Waals surface area contributed by atoms with Gasteiger partial charge in [-0.15, -0.1) is 10.2 Å². The molecule has 0 saturated heterocycles. The van der Waals surface area contributed by atoms with Crippen molar-refractivity contribution < 1.29 is 14.3 Å². The van der Waals surface area contributed by atoms with Crippen molar-refractivity contribution in [1.82, 2.24) is 10.2 Å². The number of nitrogens with one attached hydrogen (secondary N) is 1. The van der Waals surface area contributed by atoms with Gasteiger partial charge in [-0.25, -0.2) is 0 Å². The van der Waals surface area contributed by atoms with Crippen LogP contribution in [-0.4, -0.2) is 29.8 Å². The van der Waals surface area contributed by atoms with Crippen molar-refractivity contribution in [2.75, 3.05) is 19.0 Å². The van der Waals surface area contributed by atoms with Crippen molar-refractivity contribution in [2.45, 2.75) is 6.61 Å². The van der Waals surface area contributed by atoms with E-state index in [1.807, 2.05) is 0 Å². The number of anilines is 1. The zero-order valence-corrected chi connectivity index (χ0v) is 12.2. The topological polar surface area (TPSA) is 73.3 Å². The normalized spacial score (nSPS) is 10.3. The van der Waals surface area contributed by atoms with E-state index >= 15 is 0 Å². The Bertz CT molecular complexity index is 591. The van der Waals surface area contributed by atoms with E-state index in [2.05, 4.69) is 15.5 Å². The van der Waals surface area contributed by atoms with Crippen LogP contribution in [0, 0.1) is 0 Å². The highest BCUT2D eigenvalue weighted by atomic mass is 35.5. The molecule has 1 aromatic carbocycles. The van der Waals surface area contributed by atoms with E-state index in [0.717, 1.165) is 0 Å². The van der Waals surface area contributed by atoms with Gasteiger partial charge in [0.15, 0.2) is 6.61 Å². The summed E-state index contributed by atoms with van der Waals surface area (Å²) in [5.41, 5.74) is 0. The van der Waals surface area contributed by atoms with Gasteiger partial charge in [0.05, 0.1) is 5.02 Å². The molecule has 0 aliphatic rings. The molecule has 1 heterocycles. The molecule has 2 aromatic rings. The van der Waals surface area contributed by atoms with Crippen molar-refractivity contribution in [3.05, 3.63) is 34.3 Å². The number of para-hydroxylation sites is 1. The molecule has 0 radical (unpaired) electrons. The fourth-order valence-electron chi connectivity index (χ4n) is 1.35. The smallest absolute Gasteiger partial charge is 0.264 e. The second-order valence-corrected chi connectivity index (χ2v) is 5.17. The van der Waals surface area contributed by atoms with Crippen molar-refractivity contribution >= 4 is 34.0 Å². The molecule has 0 fully saturated rings. The summed E-state index contributed by atoms with van der Waals surface area (Å²) in [5.74, 6) is 0.131. The van der Waals surface area contributed by atoms with Crippen molar-refractivity contribution in [3.63, 3.8) is 0 Å². The van der Waals surface area contributed by atoms with E-state index in [0.29, 0.717) is 27.5 Å². The zero-order valence-electron chi connectivity index (χ0n) is 10.6.